The Morgan fingerprint density at radius 1 is 1.35 bits per heavy atom. The van der Waals surface area contributed by atoms with Crippen LogP contribution in [0, 0.1) is 5.82 Å². The Morgan fingerprint density at radius 3 is 2.88 bits per heavy atom. The van der Waals surface area contributed by atoms with Crippen molar-refractivity contribution in [3.8, 4) is 0 Å². The van der Waals surface area contributed by atoms with Gasteiger partial charge in [-0.05, 0) is 29.7 Å². The second kappa shape index (κ2) is 5.29. The second-order valence-electron chi connectivity index (χ2n) is 3.77. The first-order chi connectivity index (χ1) is 8.19. The van der Waals surface area contributed by atoms with Crippen LogP contribution in [0.2, 0.25) is 5.02 Å². The van der Waals surface area contributed by atoms with Crippen molar-refractivity contribution < 1.29 is 9.50 Å². The summed E-state index contributed by atoms with van der Waals surface area (Å²) in [5.74, 6) is -0.420. The fourth-order valence-corrected chi connectivity index (χ4v) is 1.78. The zero-order chi connectivity index (χ0) is 12.3. The highest BCUT2D eigenvalue weighted by atomic mass is 35.5. The van der Waals surface area contributed by atoms with Gasteiger partial charge in [0.15, 0.2) is 0 Å². The lowest BCUT2D eigenvalue weighted by Gasteiger charge is -2.03. The first-order valence-electron chi connectivity index (χ1n) is 5.25. The molecule has 0 atom stereocenters. The quantitative estimate of drug-likeness (QED) is 0.909. The predicted octanol–water partition coefficient (Wildman–Crippen LogP) is 2.26. The van der Waals surface area contributed by atoms with E-state index in [1.54, 1.807) is 23.0 Å². The Hall–Kier alpha value is -1.39. The Bertz CT molecular complexity index is 513. The number of benzene rings is 1. The van der Waals surface area contributed by atoms with Gasteiger partial charge in [-0.15, -0.1) is 0 Å². The number of hydrogen-bond donors (Lipinski definition) is 1. The lowest BCUT2D eigenvalue weighted by molar-refractivity contribution is 0.299. The van der Waals surface area contributed by atoms with Crippen LogP contribution in [-0.2, 0) is 13.0 Å². The molecule has 0 radical (unpaired) electrons. The number of halogens is 2. The molecule has 2 rings (SSSR count). The fourth-order valence-electron chi connectivity index (χ4n) is 1.58. The van der Waals surface area contributed by atoms with Crippen molar-refractivity contribution in [2.75, 3.05) is 6.61 Å². The summed E-state index contributed by atoms with van der Waals surface area (Å²) < 4.78 is 14.7. The summed E-state index contributed by atoms with van der Waals surface area (Å²) in [5.41, 5.74) is 1.86. The summed E-state index contributed by atoms with van der Waals surface area (Å²) in [6, 6.07) is 4.61. The van der Waals surface area contributed by atoms with Crippen molar-refractivity contribution in [1.82, 2.24) is 9.78 Å². The van der Waals surface area contributed by atoms with Crippen LogP contribution in [0.1, 0.15) is 11.1 Å². The molecule has 0 aliphatic carbocycles. The molecule has 0 aliphatic rings. The van der Waals surface area contributed by atoms with Gasteiger partial charge in [-0.2, -0.15) is 5.10 Å². The molecule has 0 amide bonds. The van der Waals surface area contributed by atoms with Crippen molar-refractivity contribution in [3.05, 3.63) is 52.6 Å². The Balaban J connectivity index is 2.11. The van der Waals surface area contributed by atoms with E-state index in [9.17, 15) is 4.39 Å². The van der Waals surface area contributed by atoms with Crippen LogP contribution < -0.4 is 0 Å². The summed E-state index contributed by atoms with van der Waals surface area (Å²) in [5, 5.41) is 13.1. The van der Waals surface area contributed by atoms with Crippen molar-refractivity contribution in [2.24, 2.45) is 0 Å². The topological polar surface area (TPSA) is 38.1 Å². The first-order valence-corrected chi connectivity index (χ1v) is 5.63. The van der Waals surface area contributed by atoms with Crippen LogP contribution in [0.25, 0.3) is 0 Å². The monoisotopic (exact) mass is 254 g/mol. The van der Waals surface area contributed by atoms with Crippen molar-refractivity contribution in [1.29, 1.82) is 0 Å². The van der Waals surface area contributed by atoms with E-state index in [0.29, 0.717) is 13.0 Å². The summed E-state index contributed by atoms with van der Waals surface area (Å²) in [7, 11) is 0. The molecule has 1 heterocycles. The van der Waals surface area contributed by atoms with E-state index in [1.807, 2.05) is 6.20 Å². The highest BCUT2D eigenvalue weighted by Crippen LogP contribution is 2.16. The minimum absolute atomic E-state index is 0.105. The molecule has 17 heavy (non-hydrogen) atoms. The van der Waals surface area contributed by atoms with Gasteiger partial charge in [0.25, 0.3) is 0 Å². The van der Waals surface area contributed by atoms with Gasteiger partial charge >= 0.3 is 0 Å². The maximum atomic E-state index is 13.0. The molecule has 3 nitrogen and oxygen atoms in total. The van der Waals surface area contributed by atoms with Crippen LogP contribution in [0.15, 0.2) is 30.6 Å². The Morgan fingerprint density at radius 2 is 2.18 bits per heavy atom. The van der Waals surface area contributed by atoms with Gasteiger partial charge in [0.1, 0.15) is 5.82 Å². The summed E-state index contributed by atoms with van der Waals surface area (Å²) in [4.78, 5) is 0. The number of aromatic nitrogens is 2. The minimum atomic E-state index is -0.420. The Labute approximate surface area is 103 Å². The molecular weight excluding hydrogens is 243 g/mol. The molecule has 1 aromatic carbocycles. The van der Waals surface area contributed by atoms with Crippen LogP contribution in [0.4, 0.5) is 4.39 Å². The average molecular weight is 255 g/mol. The molecule has 0 saturated heterocycles. The minimum Gasteiger partial charge on any atom is -0.396 e. The largest absolute Gasteiger partial charge is 0.396 e. The third-order valence-electron chi connectivity index (χ3n) is 2.42. The van der Waals surface area contributed by atoms with Crippen molar-refractivity contribution in [2.45, 2.75) is 13.0 Å². The molecule has 0 saturated carbocycles. The van der Waals surface area contributed by atoms with E-state index >= 15 is 0 Å². The molecule has 90 valence electrons. The highest BCUT2D eigenvalue weighted by Gasteiger charge is 2.03. The van der Waals surface area contributed by atoms with Crippen LogP contribution in [-0.4, -0.2) is 21.5 Å². The molecule has 0 fully saturated rings. The van der Waals surface area contributed by atoms with Gasteiger partial charge in [0.2, 0.25) is 0 Å². The first kappa shape index (κ1) is 12.1. The zero-order valence-corrected chi connectivity index (χ0v) is 9.86. The fraction of sp³-hybridized carbons (Fsp3) is 0.250. The molecule has 0 unspecified atom stereocenters. The van der Waals surface area contributed by atoms with Gasteiger partial charge in [0, 0.05) is 12.8 Å². The standard InChI is InChI=1S/C12H12ClFN2O/c13-11-5-9(1-2-12(11)14)7-16-8-10(3-4-17)6-15-16/h1-2,5-6,8,17H,3-4,7H2. The van der Waals surface area contributed by atoms with Gasteiger partial charge in [-0.25, -0.2) is 4.39 Å². The second-order valence-corrected chi connectivity index (χ2v) is 4.18. The molecule has 1 N–H and O–H groups in total. The summed E-state index contributed by atoms with van der Waals surface area (Å²) in [6.45, 7) is 0.638. The zero-order valence-electron chi connectivity index (χ0n) is 9.11. The number of hydrogen-bond acceptors (Lipinski definition) is 2. The van der Waals surface area contributed by atoms with Crippen molar-refractivity contribution in [3.63, 3.8) is 0 Å². The molecule has 2 aromatic rings. The predicted molar refractivity (Wildman–Crippen MR) is 63.5 cm³/mol. The molecule has 5 heteroatoms. The SMILES string of the molecule is OCCc1cnn(Cc2ccc(F)c(Cl)c2)c1. The van der Waals surface area contributed by atoms with E-state index in [0.717, 1.165) is 11.1 Å². The highest BCUT2D eigenvalue weighted by molar-refractivity contribution is 6.30. The Kier molecular flexibility index (Phi) is 3.76. The normalized spacial score (nSPS) is 10.8. The molecule has 0 bridgehead atoms. The van der Waals surface area contributed by atoms with E-state index < -0.39 is 5.82 Å². The van der Waals surface area contributed by atoms with E-state index in [2.05, 4.69) is 5.10 Å². The molecular formula is C12H12ClFN2O. The van der Waals surface area contributed by atoms with Crippen LogP contribution >= 0.6 is 11.6 Å². The molecule has 1 aromatic heterocycles. The van der Waals surface area contributed by atoms with E-state index in [4.69, 9.17) is 16.7 Å². The average Bonchev–Trinajstić information content (AvgIpc) is 2.72. The van der Waals surface area contributed by atoms with Crippen LogP contribution in [0.5, 0.6) is 0 Å². The summed E-state index contributed by atoms with van der Waals surface area (Å²) in [6.07, 6.45) is 4.15. The lowest BCUT2D eigenvalue weighted by Crippen LogP contribution is -2.00. The van der Waals surface area contributed by atoms with E-state index in [-0.39, 0.29) is 11.6 Å². The van der Waals surface area contributed by atoms with Crippen LogP contribution in [0.3, 0.4) is 0 Å². The van der Waals surface area contributed by atoms with Gasteiger partial charge < -0.3 is 5.11 Å². The number of aliphatic hydroxyl groups excluding tert-OH is 1. The maximum Gasteiger partial charge on any atom is 0.141 e. The van der Waals surface area contributed by atoms with Gasteiger partial charge in [-0.3, -0.25) is 4.68 Å². The smallest absolute Gasteiger partial charge is 0.141 e. The number of nitrogens with zero attached hydrogens (tertiary/aromatic N) is 2. The molecule has 0 aliphatic heterocycles. The number of rotatable bonds is 4. The van der Waals surface area contributed by atoms with E-state index in [1.165, 1.54) is 6.07 Å². The lowest BCUT2D eigenvalue weighted by atomic mass is 10.2. The maximum absolute atomic E-state index is 13.0. The van der Waals surface area contributed by atoms with Gasteiger partial charge in [0.05, 0.1) is 17.8 Å². The summed E-state index contributed by atoms with van der Waals surface area (Å²) >= 11 is 5.70. The number of aliphatic hydroxyl groups is 1. The third-order valence-corrected chi connectivity index (χ3v) is 2.71. The third kappa shape index (κ3) is 3.05. The molecule has 0 spiro atoms. The van der Waals surface area contributed by atoms with Gasteiger partial charge in [-0.1, -0.05) is 17.7 Å². The van der Waals surface area contributed by atoms with Crippen molar-refractivity contribution >= 4 is 11.6 Å².